The van der Waals surface area contributed by atoms with Crippen LogP contribution in [0.1, 0.15) is 18.7 Å². The number of halogens is 4. The number of amides is 1. The van der Waals surface area contributed by atoms with Gasteiger partial charge in [-0.05, 0) is 43.3 Å². The van der Waals surface area contributed by atoms with Crippen molar-refractivity contribution in [2.24, 2.45) is 22.4 Å². The Balaban J connectivity index is 0.000000809. The van der Waals surface area contributed by atoms with Crippen molar-refractivity contribution in [2.75, 3.05) is 4.72 Å². The molecule has 13 nitrogen and oxygen atoms in total. The number of rotatable bonds is 8. The summed E-state index contributed by atoms with van der Waals surface area (Å²) >= 11 is 6.60. The van der Waals surface area contributed by atoms with Gasteiger partial charge in [-0.3, -0.25) is 18.9 Å². The summed E-state index contributed by atoms with van der Waals surface area (Å²) in [6.07, 6.45) is -6.12. The summed E-state index contributed by atoms with van der Waals surface area (Å²) in [5.74, 6) is -4.05. The number of hydrogen-bond donors (Lipinski definition) is 5. The predicted molar refractivity (Wildman–Crippen MR) is 124 cm³/mol. The number of carbonyl (C=O) groups excluding carboxylic acids is 1. The van der Waals surface area contributed by atoms with E-state index < -0.39 is 45.8 Å². The zero-order chi connectivity index (χ0) is 28.0. The molecule has 0 aromatic carbocycles. The van der Waals surface area contributed by atoms with Crippen molar-refractivity contribution < 1.29 is 41.1 Å². The number of nitrogens with two attached hydrogens (primary N) is 3. The average molecular weight is 577 g/mol. The Morgan fingerprint density at radius 2 is 1.78 bits per heavy atom. The number of nitrogens with one attached hydrogen (secondary N) is 1. The number of hydrogen-bond acceptors (Lipinski definition) is 8. The van der Waals surface area contributed by atoms with Crippen LogP contribution in [-0.4, -0.2) is 48.2 Å². The predicted octanol–water partition coefficient (Wildman–Crippen LogP) is 0.926. The normalized spacial score (nSPS) is 12.9. The Morgan fingerprint density at radius 1 is 1.22 bits per heavy atom. The number of anilines is 1. The lowest BCUT2D eigenvalue weighted by molar-refractivity contribution is -0.192. The minimum absolute atomic E-state index is 0.0788. The fraction of sp³-hybridized carbons (Fsp3) is 0.294. The van der Waals surface area contributed by atoms with Crippen molar-refractivity contribution in [3.63, 3.8) is 0 Å². The molecule has 0 bridgehead atoms. The number of carboxylic acids is 1. The highest BCUT2D eigenvalue weighted by atomic mass is 35.5. The molecule has 36 heavy (non-hydrogen) atoms. The second-order valence-electron chi connectivity index (χ2n) is 6.70. The van der Waals surface area contributed by atoms with Gasteiger partial charge in [0, 0.05) is 5.69 Å². The number of carbonyl (C=O) groups is 2. The van der Waals surface area contributed by atoms with E-state index in [0.29, 0.717) is 5.69 Å². The lowest BCUT2D eigenvalue weighted by Crippen LogP contribution is -2.42. The smallest absolute Gasteiger partial charge is 0.475 e. The van der Waals surface area contributed by atoms with Crippen LogP contribution in [0.3, 0.4) is 0 Å². The molecule has 1 amide bonds. The molecule has 0 saturated heterocycles. The van der Waals surface area contributed by atoms with Crippen molar-refractivity contribution in [3.8, 4) is 0 Å². The van der Waals surface area contributed by atoms with Gasteiger partial charge in [0.05, 0.1) is 4.34 Å². The molecule has 0 fully saturated rings. The number of aromatic nitrogens is 1. The van der Waals surface area contributed by atoms with E-state index in [9.17, 15) is 31.2 Å². The first-order valence-corrected chi connectivity index (χ1v) is 11.9. The van der Waals surface area contributed by atoms with Crippen molar-refractivity contribution in [3.05, 3.63) is 44.6 Å². The SMILES string of the molecule is Cc1ccc(NS(=O)(=O)c2ccc(Cl)s2)c(=O)n1C(C(N)=O)C(C)ON=C(N)N.O=C(O)C(F)(F)F. The molecule has 0 aliphatic carbocycles. The number of nitrogens with zero attached hydrogens (tertiary/aromatic N) is 2. The molecule has 2 rings (SSSR count). The molecule has 2 unspecified atom stereocenters. The Morgan fingerprint density at radius 3 is 2.19 bits per heavy atom. The summed E-state index contributed by atoms with van der Waals surface area (Å²) in [6, 6.07) is 4.13. The molecule has 19 heteroatoms. The lowest BCUT2D eigenvalue weighted by Gasteiger charge is -2.24. The average Bonchev–Trinajstić information content (AvgIpc) is 3.18. The minimum Gasteiger partial charge on any atom is -0.475 e. The Kier molecular flexibility index (Phi) is 10.1. The van der Waals surface area contributed by atoms with E-state index in [2.05, 4.69) is 9.88 Å². The number of oxime groups is 1. The summed E-state index contributed by atoms with van der Waals surface area (Å²) in [7, 11) is -4.06. The van der Waals surface area contributed by atoms with E-state index in [1.807, 2.05) is 0 Å². The summed E-state index contributed by atoms with van der Waals surface area (Å²) in [5.41, 5.74) is 15.1. The van der Waals surface area contributed by atoms with E-state index >= 15 is 0 Å². The third kappa shape index (κ3) is 8.31. The molecule has 0 aliphatic rings. The van der Waals surface area contributed by atoms with Crippen LogP contribution in [0.2, 0.25) is 4.34 Å². The molecule has 2 aromatic heterocycles. The summed E-state index contributed by atoms with van der Waals surface area (Å²) in [5, 5.41) is 10.5. The van der Waals surface area contributed by atoms with E-state index in [1.54, 1.807) is 6.92 Å². The first kappa shape index (κ1) is 30.5. The molecular formula is C17H20ClF3N6O7S2. The summed E-state index contributed by atoms with van der Waals surface area (Å²) in [6.45, 7) is 2.97. The molecule has 8 N–H and O–H groups in total. The second-order valence-corrected chi connectivity index (χ2v) is 10.3. The first-order valence-electron chi connectivity index (χ1n) is 9.23. The van der Waals surface area contributed by atoms with E-state index in [-0.39, 0.29) is 20.2 Å². The highest BCUT2D eigenvalue weighted by Gasteiger charge is 2.38. The molecule has 2 heterocycles. The van der Waals surface area contributed by atoms with Gasteiger partial charge in [0.15, 0.2) is 12.1 Å². The zero-order valence-corrected chi connectivity index (χ0v) is 20.7. The minimum atomic E-state index is -5.08. The maximum absolute atomic E-state index is 13.0. The molecule has 2 aromatic rings. The van der Waals surface area contributed by atoms with Gasteiger partial charge >= 0.3 is 12.1 Å². The van der Waals surface area contributed by atoms with Crippen LogP contribution in [0.4, 0.5) is 18.9 Å². The van der Waals surface area contributed by atoms with E-state index in [1.165, 1.54) is 31.2 Å². The third-order valence-electron chi connectivity index (χ3n) is 3.96. The second kappa shape index (κ2) is 12.0. The molecule has 2 atom stereocenters. The van der Waals surface area contributed by atoms with Crippen molar-refractivity contribution >= 4 is 56.5 Å². The Bertz CT molecular complexity index is 1310. The maximum atomic E-state index is 13.0. The van der Waals surface area contributed by atoms with Gasteiger partial charge in [0.2, 0.25) is 11.9 Å². The van der Waals surface area contributed by atoms with Gasteiger partial charge in [-0.2, -0.15) is 13.2 Å². The number of thiophene rings is 1. The monoisotopic (exact) mass is 576 g/mol. The van der Waals surface area contributed by atoms with Gasteiger partial charge in [0.25, 0.3) is 15.6 Å². The number of primary amides is 1. The van der Waals surface area contributed by atoms with Crippen LogP contribution in [0.25, 0.3) is 0 Å². The Hall–Kier alpha value is -3.51. The fourth-order valence-corrected chi connectivity index (χ4v) is 5.02. The largest absolute Gasteiger partial charge is 0.490 e. The molecule has 200 valence electrons. The number of guanidine groups is 1. The van der Waals surface area contributed by atoms with Crippen LogP contribution in [0.5, 0.6) is 0 Å². The van der Waals surface area contributed by atoms with E-state index in [0.717, 1.165) is 15.9 Å². The standard InChI is InChI=1S/C15H19ClN6O5S2.C2HF3O2/c1-7-3-4-9(21-29(25,26)11-6-5-10(16)28-11)14(24)22(7)12(13(17)23)8(2)27-20-15(18)19;3-2(4,5)1(6)7/h3-6,8,12,21H,1-2H3,(H2,17,23)(H4,18,19,20);(H,6,7). The van der Waals surface area contributed by atoms with Gasteiger partial charge in [-0.15, -0.1) is 11.3 Å². The summed E-state index contributed by atoms with van der Waals surface area (Å²) < 4.78 is 60.2. The topological polar surface area (TPSA) is 222 Å². The van der Waals surface area contributed by atoms with E-state index in [4.69, 9.17) is 43.5 Å². The lowest BCUT2D eigenvalue weighted by atomic mass is 10.1. The van der Waals surface area contributed by atoms with Crippen LogP contribution >= 0.6 is 22.9 Å². The van der Waals surface area contributed by atoms with Gasteiger partial charge in [-0.1, -0.05) is 11.6 Å². The number of alkyl halides is 3. The number of aryl methyl sites for hydroxylation is 1. The highest BCUT2D eigenvalue weighted by molar-refractivity contribution is 7.94. The van der Waals surface area contributed by atoms with Gasteiger partial charge < -0.3 is 27.1 Å². The van der Waals surface area contributed by atoms with Crippen LogP contribution in [0, 0.1) is 6.92 Å². The zero-order valence-electron chi connectivity index (χ0n) is 18.3. The van der Waals surface area contributed by atoms with Crippen LogP contribution in [-0.2, 0) is 24.4 Å². The molecule has 0 saturated carbocycles. The van der Waals surface area contributed by atoms with Gasteiger partial charge in [0.1, 0.15) is 9.90 Å². The Labute approximate surface area is 210 Å². The number of sulfonamides is 1. The number of pyridine rings is 1. The number of carboxylic acid groups (broad SMARTS) is 1. The summed E-state index contributed by atoms with van der Waals surface area (Å²) in [4.78, 5) is 38.9. The molecule has 0 spiro atoms. The maximum Gasteiger partial charge on any atom is 0.490 e. The van der Waals surface area contributed by atoms with Gasteiger partial charge in [-0.25, -0.2) is 13.2 Å². The van der Waals surface area contributed by atoms with Crippen molar-refractivity contribution in [1.82, 2.24) is 4.57 Å². The third-order valence-corrected chi connectivity index (χ3v) is 7.05. The molecular weight excluding hydrogens is 557 g/mol. The van der Waals surface area contributed by atoms with Crippen molar-refractivity contribution in [2.45, 2.75) is 36.4 Å². The number of aliphatic carboxylic acids is 1. The van der Waals surface area contributed by atoms with Crippen LogP contribution < -0.4 is 27.5 Å². The van der Waals surface area contributed by atoms with Crippen molar-refractivity contribution in [1.29, 1.82) is 0 Å². The van der Waals surface area contributed by atoms with Crippen LogP contribution in [0.15, 0.2) is 38.4 Å². The quantitative estimate of drug-likeness (QED) is 0.171. The molecule has 0 aliphatic heterocycles. The highest BCUT2D eigenvalue weighted by Crippen LogP contribution is 2.27. The fourth-order valence-electron chi connectivity index (χ4n) is 2.48. The first-order chi connectivity index (χ1) is 16.4. The molecule has 0 radical (unpaired) electrons.